The summed E-state index contributed by atoms with van der Waals surface area (Å²) in [6, 6.07) is 6.29. The number of rotatable bonds is 4. The Morgan fingerprint density at radius 3 is 2.60 bits per heavy atom. The van der Waals surface area contributed by atoms with Gasteiger partial charge in [0.05, 0.1) is 4.92 Å². The van der Waals surface area contributed by atoms with E-state index in [-0.39, 0.29) is 28.0 Å². The number of ether oxygens (including phenoxy) is 1. The Kier molecular flexibility index (Phi) is 3.76. The van der Waals surface area contributed by atoms with Gasteiger partial charge in [0.25, 0.3) is 0 Å². The Bertz CT molecular complexity index is 674. The van der Waals surface area contributed by atoms with Gasteiger partial charge in [0, 0.05) is 17.2 Å². The molecule has 20 heavy (non-hydrogen) atoms. The summed E-state index contributed by atoms with van der Waals surface area (Å²) in [6.07, 6.45) is 0. The molecule has 1 aromatic heterocycles. The summed E-state index contributed by atoms with van der Waals surface area (Å²) in [4.78, 5) is 20.8. The molecule has 0 saturated heterocycles. The predicted octanol–water partition coefficient (Wildman–Crippen LogP) is 2.53. The van der Waals surface area contributed by atoms with Crippen LogP contribution in [0.5, 0.6) is 11.6 Å². The molecule has 9 heteroatoms. The number of nitro groups is 1. The Morgan fingerprint density at radius 1 is 1.30 bits per heavy atom. The molecule has 102 valence electrons. The molecule has 0 spiro atoms. The number of hydrogen-bond acceptors (Lipinski definition) is 6. The first-order chi connectivity index (χ1) is 9.47. The maximum Gasteiger partial charge on any atom is 0.356 e. The molecule has 0 aliphatic heterocycles. The zero-order valence-corrected chi connectivity index (χ0v) is 10.4. The highest BCUT2D eigenvalue weighted by atomic mass is 35.5. The van der Waals surface area contributed by atoms with E-state index >= 15 is 0 Å². The van der Waals surface area contributed by atoms with Crippen LogP contribution < -0.4 is 4.74 Å². The van der Waals surface area contributed by atoms with Crippen LogP contribution >= 0.6 is 11.6 Å². The molecule has 8 nitrogen and oxygen atoms in total. The van der Waals surface area contributed by atoms with Crippen LogP contribution in [0.2, 0.25) is 5.02 Å². The van der Waals surface area contributed by atoms with E-state index in [4.69, 9.17) is 21.4 Å². The largest absolute Gasteiger partial charge is 0.476 e. The van der Waals surface area contributed by atoms with Gasteiger partial charge in [-0.2, -0.15) is 0 Å². The second-order valence-corrected chi connectivity index (χ2v) is 3.97. The second kappa shape index (κ2) is 5.49. The summed E-state index contributed by atoms with van der Waals surface area (Å²) in [6.45, 7) is 0. The highest BCUT2D eigenvalue weighted by Gasteiger charge is 2.17. The van der Waals surface area contributed by atoms with E-state index in [1.807, 2.05) is 0 Å². The smallest absolute Gasteiger partial charge is 0.356 e. The molecule has 0 bridgehead atoms. The molecule has 1 aromatic carbocycles. The van der Waals surface area contributed by atoms with Gasteiger partial charge in [0.2, 0.25) is 11.6 Å². The number of carbonyl (C=O) groups is 1. The average Bonchev–Trinajstić information content (AvgIpc) is 2.41. The minimum atomic E-state index is -1.23. The van der Waals surface area contributed by atoms with Crippen molar-refractivity contribution in [3.63, 3.8) is 0 Å². The van der Waals surface area contributed by atoms with Crippen LogP contribution in [0.1, 0.15) is 10.5 Å². The van der Waals surface area contributed by atoms with Gasteiger partial charge in [-0.05, 0) is 18.2 Å². The summed E-state index contributed by atoms with van der Waals surface area (Å²) in [5.74, 6) is -1.38. The van der Waals surface area contributed by atoms with Crippen molar-refractivity contribution in [3.05, 3.63) is 51.2 Å². The Balaban J connectivity index is 2.30. The number of aromatic nitrogens is 2. The fourth-order valence-corrected chi connectivity index (χ4v) is 1.49. The first-order valence-corrected chi connectivity index (χ1v) is 5.54. The second-order valence-electron chi connectivity index (χ2n) is 3.53. The number of halogens is 1. The molecule has 0 saturated carbocycles. The fourth-order valence-electron chi connectivity index (χ4n) is 1.32. The quantitative estimate of drug-likeness (QED) is 0.680. The van der Waals surface area contributed by atoms with E-state index in [1.54, 1.807) is 0 Å². The van der Waals surface area contributed by atoms with Crippen molar-refractivity contribution in [2.45, 2.75) is 0 Å². The van der Waals surface area contributed by atoms with Gasteiger partial charge in [-0.1, -0.05) is 11.6 Å². The minimum Gasteiger partial charge on any atom is -0.476 e. The van der Waals surface area contributed by atoms with E-state index in [2.05, 4.69) is 10.2 Å². The fraction of sp³-hybridized carbons (Fsp3) is 0. The lowest BCUT2D eigenvalue weighted by atomic mass is 10.3. The SMILES string of the molecule is O=C(O)c1ccc(Oc2ccc(Cl)cc2[N+](=O)[O-])nn1. The number of hydrogen-bond donors (Lipinski definition) is 1. The van der Waals surface area contributed by atoms with Crippen molar-refractivity contribution >= 4 is 23.3 Å². The van der Waals surface area contributed by atoms with Crippen molar-refractivity contribution < 1.29 is 19.6 Å². The number of nitrogens with zero attached hydrogens (tertiary/aromatic N) is 3. The standard InChI is InChI=1S/C11H6ClN3O5/c12-6-1-3-9(8(5-6)15(18)19)20-10-4-2-7(11(16)17)13-14-10/h1-5H,(H,16,17). The molecule has 0 unspecified atom stereocenters. The average molecular weight is 296 g/mol. The highest BCUT2D eigenvalue weighted by Crippen LogP contribution is 2.32. The van der Waals surface area contributed by atoms with E-state index in [0.29, 0.717) is 0 Å². The molecule has 1 heterocycles. The normalized spacial score (nSPS) is 10.1. The van der Waals surface area contributed by atoms with E-state index in [9.17, 15) is 14.9 Å². The first kappa shape index (κ1) is 13.7. The van der Waals surface area contributed by atoms with Crippen LogP contribution in [0.4, 0.5) is 5.69 Å². The molecule has 0 radical (unpaired) electrons. The van der Waals surface area contributed by atoms with Crippen molar-refractivity contribution in [1.82, 2.24) is 10.2 Å². The van der Waals surface area contributed by atoms with E-state index in [0.717, 1.165) is 6.07 Å². The molecule has 0 fully saturated rings. The summed E-state index contributed by atoms with van der Waals surface area (Å²) >= 11 is 5.67. The zero-order valence-electron chi connectivity index (χ0n) is 9.69. The number of aromatic carboxylic acids is 1. The van der Waals surface area contributed by atoms with Gasteiger partial charge in [0.1, 0.15) is 0 Å². The summed E-state index contributed by atoms with van der Waals surface area (Å²) in [5, 5.41) is 26.6. The lowest BCUT2D eigenvalue weighted by Crippen LogP contribution is -2.02. The number of carboxylic acids is 1. The molecule has 1 N–H and O–H groups in total. The molecular weight excluding hydrogens is 290 g/mol. The van der Waals surface area contributed by atoms with Crippen LogP contribution in [-0.4, -0.2) is 26.2 Å². The van der Waals surface area contributed by atoms with Crippen molar-refractivity contribution in [2.24, 2.45) is 0 Å². The van der Waals surface area contributed by atoms with Crippen LogP contribution in [-0.2, 0) is 0 Å². The number of benzene rings is 1. The molecule has 0 amide bonds. The molecular formula is C11H6ClN3O5. The van der Waals surface area contributed by atoms with Gasteiger partial charge >= 0.3 is 11.7 Å². The van der Waals surface area contributed by atoms with Gasteiger partial charge in [-0.25, -0.2) is 4.79 Å². The number of carboxylic acid groups (broad SMARTS) is 1. The van der Waals surface area contributed by atoms with E-state index in [1.165, 1.54) is 24.3 Å². The third-order valence-electron chi connectivity index (χ3n) is 2.19. The Hall–Kier alpha value is -2.74. The van der Waals surface area contributed by atoms with Crippen LogP contribution in [0.3, 0.4) is 0 Å². The highest BCUT2D eigenvalue weighted by molar-refractivity contribution is 6.30. The topological polar surface area (TPSA) is 115 Å². The molecule has 0 atom stereocenters. The summed E-state index contributed by atoms with van der Waals surface area (Å²) < 4.78 is 5.19. The maximum atomic E-state index is 10.9. The molecule has 0 aliphatic rings. The van der Waals surface area contributed by atoms with Gasteiger partial charge in [-0.3, -0.25) is 10.1 Å². The first-order valence-electron chi connectivity index (χ1n) is 5.16. The molecule has 2 aromatic rings. The Labute approximate surface area is 116 Å². The van der Waals surface area contributed by atoms with Crippen LogP contribution in [0, 0.1) is 10.1 Å². The van der Waals surface area contributed by atoms with E-state index < -0.39 is 10.9 Å². The lowest BCUT2D eigenvalue weighted by Gasteiger charge is -2.05. The molecule has 2 rings (SSSR count). The van der Waals surface area contributed by atoms with Crippen molar-refractivity contribution in [2.75, 3.05) is 0 Å². The number of nitro benzene ring substituents is 1. The van der Waals surface area contributed by atoms with Crippen LogP contribution in [0.25, 0.3) is 0 Å². The third kappa shape index (κ3) is 2.98. The van der Waals surface area contributed by atoms with Crippen LogP contribution in [0.15, 0.2) is 30.3 Å². The summed E-state index contributed by atoms with van der Waals surface area (Å²) in [5.41, 5.74) is -0.593. The predicted molar refractivity (Wildman–Crippen MR) is 67.2 cm³/mol. The lowest BCUT2D eigenvalue weighted by molar-refractivity contribution is -0.385. The monoisotopic (exact) mass is 295 g/mol. The van der Waals surface area contributed by atoms with Gasteiger partial charge in [0.15, 0.2) is 5.69 Å². The van der Waals surface area contributed by atoms with Crippen molar-refractivity contribution in [3.8, 4) is 11.6 Å². The summed E-state index contributed by atoms with van der Waals surface area (Å²) in [7, 11) is 0. The zero-order chi connectivity index (χ0) is 14.7. The van der Waals surface area contributed by atoms with Crippen molar-refractivity contribution in [1.29, 1.82) is 0 Å². The molecule has 0 aliphatic carbocycles. The maximum absolute atomic E-state index is 10.9. The third-order valence-corrected chi connectivity index (χ3v) is 2.43. The van der Waals surface area contributed by atoms with Gasteiger partial charge in [-0.15, -0.1) is 10.2 Å². The van der Waals surface area contributed by atoms with Gasteiger partial charge < -0.3 is 9.84 Å². The Morgan fingerprint density at radius 2 is 2.05 bits per heavy atom. The minimum absolute atomic E-state index is 0.0691.